The lowest BCUT2D eigenvalue weighted by atomic mass is 10.1. The first-order chi connectivity index (χ1) is 10.2. The van der Waals surface area contributed by atoms with Crippen LogP contribution < -0.4 is 10.6 Å². The average Bonchev–Trinajstić information content (AvgIpc) is 2.46. The van der Waals surface area contributed by atoms with Gasteiger partial charge in [-0.25, -0.2) is 4.99 Å². The molecule has 0 atom stereocenters. The van der Waals surface area contributed by atoms with Gasteiger partial charge in [-0.2, -0.15) is 11.8 Å². The predicted octanol–water partition coefficient (Wildman–Crippen LogP) is 3.50. The SMILES string of the molecule is CCNC(=NCc1ccc(C)cc1C)NCCCCSC. The number of rotatable bonds is 8. The summed E-state index contributed by atoms with van der Waals surface area (Å²) in [5.74, 6) is 2.15. The molecular formula is C17H29N3S. The first-order valence-corrected chi connectivity index (χ1v) is 9.14. The summed E-state index contributed by atoms with van der Waals surface area (Å²) in [5.41, 5.74) is 3.91. The minimum absolute atomic E-state index is 0.728. The number of unbranched alkanes of at least 4 members (excludes halogenated alkanes) is 1. The van der Waals surface area contributed by atoms with E-state index in [0.717, 1.165) is 25.6 Å². The van der Waals surface area contributed by atoms with Crippen LogP contribution in [0.25, 0.3) is 0 Å². The molecule has 0 fully saturated rings. The van der Waals surface area contributed by atoms with Crippen molar-refractivity contribution < 1.29 is 0 Å². The Balaban J connectivity index is 2.50. The lowest BCUT2D eigenvalue weighted by molar-refractivity contribution is 0.734. The first-order valence-electron chi connectivity index (χ1n) is 7.74. The zero-order valence-electron chi connectivity index (χ0n) is 13.8. The van der Waals surface area contributed by atoms with Crippen molar-refractivity contribution in [2.24, 2.45) is 4.99 Å². The molecule has 0 saturated carbocycles. The van der Waals surface area contributed by atoms with E-state index in [2.05, 4.69) is 60.9 Å². The fourth-order valence-electron chi connectivity index (χ4n) is 2.11. The molecule has 0 saturated heterocycles. The summed E-state index contributed by atoms with van der Waals surface area (Å²) in [4.78, 5) is 4.68. The quantitative estimate of drug-likeness (QED) is 0.438. The van der Waals surface area contributed by atoms with Crippen molar-refractivity contribution in [2.75, 3.05) is 25.1 Å². The lowest BCUT2D eigenvalue weighted by Crippen LogP contribution is -2.37. The zero-order valence-corrected chi connectivity index (χ0v) is 14.6. The van der Waals surface area contributed by atoms with Gasteiger partial charge in [-0.1, -0.05) is 23.8 Å². The van der Waals surface area contributed by atoms with E-state index in [1.807, 2.05) is 11.8 Å². The molecule has 0 unspecified atom stereocenters. The number of benzene rings is 1. The van der Waals surface area contributed by atoms with Gasteiger partial charge < -0.3 is 10.6 Å². The van der Waals surface area contributed by atoms with E-state index in [-0.39, 0.29) is 0 Å². The van der Waals surface area contributed by atoms with Crippen LogP contribution in [0.4, 0.5) is 0 Å². The second-order valence-electron chi connectivity index (χ2n) is 5.25. The molecule has 0 heterocycles. The van der Waals surface area contributed by atoms with Crippen LogP contribution in [-0.2, 0) is 6.54 Å². The molecule has 0 bridgehead atoms. The van der Waals surface area contributed by atoms with Crippen molar-refractivity contribution in [1.82, 2.24) is 10.6 Å². The summed E-state index contributed by atoms with van der Waals surface area (Å²) in [6.45, 7) is 8.98. The van der Waals surface area contributed by atoms with Crippen molar-refractivity contribution >= 4 is 17.7 Å². The minimum Gasteiger partial charge on any atom is -0.357 e. The molecule has 0 aromatic heterocycles. The highest BCUT2D eigenvalue weighted by Gasteiger charge is 2.00. The molecule has 0 radical (unpaired) electrons. The van der Waals surface area contributed by atoms with Gasteiger partial charge in [0.2, 0.25) is 0 Å². The molecule has 1 aromatic carbocycles. The summed E-state index contributed by atoms with van der Waals surface area (Å²) in [6, 6.07) is 6.55. The van der Waals surface area contributed by atoms with Gasteiger partial charge in [0.15, 0.2) is 5.96 Å². The number of aliphatic imine (C=N–C) groups is 1. The van der Waals surface area contributed by atoms with E-state index in [4.69, 9.17) is 0 Å². The van der Waals surface area contributed by atoms with Gasteiger partial charge in [-0.3, -0.25) is 0 Å². The van der Waals surface area contributed by atoms with E-state index in [9.17, 15) is 0 Å². The summed E-state index contributed by atoms with van der Waals surface area (Å²) >= 11 is 1.91. The van der Waals surface area contributed by atoms with Gasteiger partial charge in [-0.05, 0) is 56.7 Å². The van der Waals surface area contributed by atoms with E-state index < -0.39 is 0 Å². The fourth-order valence-corrected chi connectivity index (χ4v) is 2.60. The smallest absolute Gasteiger partial charge is 0.191 e. The van der Waals surface area contributed by atoms with Crippen molar-refractivity contribution in [1.29, 1.82) is 0 Å². The molecule has 0 spiro atoms. The maximum Gasteiger partial charge on any atom is 0.191 e. The molecule has 21 heavy (non-hydrogen) atoms. The Morgan fingerprint density at radius 2 is 2.00 bits per heavy atom. The number of hydrogen-bond acceptors (Lipinski definition) is 2. The molecule has 118 valence electrons. The van der Waals surface area contributed by atoms with Crippen LogP contribution in [0, 0.1) is 13.8 Å². The Bertz CT molecular complexity index is 444. The van der Waals surface area contributed by atoms with Gasteiger partial charge in [0.05, 0.1) is 6.54 Å². The lowest BCUT2D eigenvalue weighted by Gasteiger charge is -2.12. The molecule has 1 rings (SSSR count). The average molecular weight is 308 g/mol. The van der Waals surface area contributed by atoms with E-state index >= 15 is 0 Å². The molecule has 0 amide bonds. The van der Waals surface area contributed by atoms with Crippen LogP contribution in [0.15, 0.2) is 23.2 Å². The van der Waals surface area contributed by atoms with Crippen molar-refractivity contribution in [3.63, 3.8) is 0 Å². The molecule has 0 aliphatic heterocycles. The summed E-state index contributed by atoms with van der Waals surface area (Å²) < 4.78 is 0. The third kappa shape index (κ3) is 7.42. The minimum atomic E-state index is 0.728. The maximum absolute atomic E-state index is 4.68. The number of thioether (sulfide) groups is 1. The second-order valence-corrected chi connectivity index (χ2v) is 6.24. The highest BCUT2D eigenvalue weighted by molar-refractivity contribution is 7.98. The third-order valence-corrected chi connectivity index (χ3v) is 4.01. The van der Waals surface area contributed by atoms with Crippen LogP contribution in [0.3, 0.4) is 0 Å². The molecule has 0 aliphatic carbocycles. The van der Waals surface area contributed by atoms with Crippen LogP contribution in [-0.4, -0.2) is 31.1 Å². The normalized spacial score (nSPS) is 11.5. The largest absolute Gasteiger partial charge is 0.357 e. The highest BCUT2D eigenvalue weighted by Crippen LogP contribution is 2.11. The van der Waals surface area contributed by atoms with Crippen LogP contribution in [0.5, 0.6) is 0 Å². The summed E-state index contributed by atoms with van der Waals surface area (Å²) in [7, 11) is 0. The van der Waals surface area contributed by atoms with Crippen LogP contribution >= 0.6 is 11.8 Å². The Hall–Kier alpha value is -1.16. The number of nitrogens with zero attached hydrogens (tertiary/aromatic N) is 1. The monoisotopic (exact) mass is 307 g/mol. The standard InChI is InChI=1S/C17H29N3S/c1-5-18-17(19-10-6-7-11-21-4)20-13-16-9-8-14(2)12-15(16)3/h8-9,12H,5-7,10-11,13H2,1-4H3,(H2,18,19,20). The predicted molar refractivity (Wildman–Crippen MR) is 96.4 cm³/mol. The van der Waals surface area contributed by atoms with Crippen molar-refractivity contribution in [2.45, 2.75) is 40.2 Å². The molecule has 1 aromatic rings. The fraction of sp³-hybridized carbons (Fsp3) is 0.588. The number of hydrogen-bond donors (Lipinski definition) is 2. The van der Waals surface area contributed by atoms with Gasteiger partial charge in [0.25, 0.3) is 0 Å². The highest BCUT2D eigenvalue weighted by atomic mass is 32.2. The third-order valence-electron chi connectivity index (χ3n) is 3.32. The number of aryl methyl sites for hydroxylation is 2. The van der Waals surface area contributed by atoms with Crippen molar-refractivity contribution in [3.05, 3.63) is 34.9 Å². The summed E-state index contributed by atoms with van der Waals surface area (Å²) in [5, 5.41) is 6.72. The van der Waals surface area contributed by atoms with Gasteiger partial charge in [-0.15, -0.1) is 0 Å². The van der Waals surface area contributed by atoms with E-state index in [1.54, 1.807) is 0 Å². The van der Waals surface area contributed by atoms with E-state index in [1.165, 1.54) is 35.3 Å². The Morgan fingerprint density at radius 3 is 2.67 bits per heavy atom. The number of nitrogens with one attached hydrogen (secondary N) is 2. The molecule has 0 aliphatic rings. The van der Waals surface area contributed by atoms with Gasteiger partial charge >= 0.3 is 0 Å². The molecule has 4 heteroatoms. The first kappa shape index (κ1) is 17.9. The Morgan fingerprint density at radius 1 is 1.19 bits per heavy atom. The topological polar surface area (TPSA) is 36.4 Å². The van der Waals surface area contributed by atoms with Gasteiger partial charge in [0.1, 0.15) is 0 Å². The van der Waals surface area contributed by atoms with E-state index in [0.29, 0.717) is 0 Å². The van der Waals surface area contributed by atoms with Crippen LogP contribution in [0.2, 0.25) is 0 Å². The molecular weight excluding hydrogens is 278 g/mol. The van der Waals surface area contributed by atoms with Gasteiger partial charge in [0, 0.05) is 13.1 Å². The zero-order chi connectivity index (χ0) is 15.5. The number of guanidine groups is 1. The van der Waals surface area contributed by atoms with Crippen molar-refractivity contribution in [3.8, 4) is 0 Å². The molecule has 3 nitrogen and oxygen atoms in total. The Labute approximate surface area is 134 Å². The van der Waals surface area contributed by atoms with Crippen LogP contribution in [0.1, 0.15) is 36.5 Å². The summed E-state index contributed by atoms with van der Waals surface area (Å²) in [6.07, 6.45) is 4.60. The Kier molecular flexibility index (Phi) is 8.99. The molecule has 2 N–H and O–H groups in total. The maximum atomic E-state index is 4.68. The second kappa shape index (κ2) is 10.6.